The number of nitrogens with one attached hydrogen (secondary N) is 2. The second kappa shape index (κ2) is 6.25. The number of aromatic amines is 1. The van der Waals surface area contributed by atoms with Gasteiger partial charge in [0.2, 0.25) is 10.0 Å². The Kier molecular flexibility index (Phi) is 5.23. The Morgan fingerprint density at radius 1 is 1.28 bits per heavy atom. The van der Waals surface area contributed by atoms with Crippen LogP contribution >= 0.6 is 0 Å². The standard InChI is InChI=1S/C8H16N4O4S2/c1-17(13,14)5-6-18(15,16)11-4-2-3-8-9-7-10-12-8/h7,11H,2-6H2,1H3,(H,9,10,12). The van der Waals surface area contributed by atoms with Crippen molar-refractivity contribution in [3.8, 4) is 0 Å². The molecule has 0 aliphatic carbocycles. The fourth-order valence-corrected chi connectivity index (χ4v) is 3.86. The van der Waals surface area contributed by atoms with E-state index in [-0.39, 0.29) is 12.3 Å². The van der Waals surface area contributed by atoms with Crippen LogP contribution in [0.25, 0.3) is 0 Å². The van der Waals surface area contributed by atoms with Gasteiger partial charge in [-0.15, -0.1) is 0 Å². The second-order valence-electron chi connectivity index (χ2n) is 3.88. The average Bonchev–Trinajstić information content (AvgIpc) is 2.74. The molecule has 0 unspecified atom stereocenters. The van der Waals surface area contributed by atoms with Crippen molar-refractivity contribution < 1.29 is 16.8 Å². The molecule has 8 nitrogen and oxygen atoms in total. The van der Waals surface area contributed by atoms with E-state index in [4.69, 9.17) is 0 Å². The van der Waals surface area contributed by atoms with Gasteiger partial charge in [0, 0.05) is 19.2 Å². The minimum Gasteiger partial charge on any atom is -0.263 e. The second-order valence-corrected chi connectivity index (χ2v) is 8.06. The van der Waals surface area contributed by atoms with E-state index in [0.29, 0.717) is 18.7 Å². The number of sulfone groups is 1. The SMILES string of the molecule is CS(=O)(=O)CCS(=O)(=O)NCCCc1ncn[nH]1. The third kappa shape index (κ3) is 6.67. The van der Waals surface area contributed by atoms with Gasteiger partial charge in [-0.1, -0.05) is 0 Å². The molecule has 2 N–H and O–H groups in total. The summed E-state index contributed by atoms with van der Waals surface area (Å²) in [6, 6.07) is 0. The molecule has 0 radical (unpaired) electrons. The maximum absolute atomic E-state index is 11.4. The third-order valence-corrected chi connectivity index (χ3v) is 4.69. The number of aryl methyl sites for hydroxylation is 1. The molecule has 0 amide bonds. The molecular formula is C8H16N4O4S2. The van der Waals surface area contributed by atoms with Crippen LogP contribution in [-0.4, -0.2) is 56.3 Å². The van der Waals surface area contributed by atoms with Gasteiger partial charge in [0.1, 0.15) is 22.0 Å². The van der Waals surface area contributed by atoms with Gasteiger partial charge in [-0.25, -0.2) is 26.5 Å². The largest absolute Gasteiger partial charge is 0.263 e. The first kappa shape index (κ1) is 15.1. The highest BCUT2D eigenvalue weighted by Gasteiger charge is 2.13. The fraction of sp³-hybridized carbons (Fsp3) is 0.750. The lowest BCUT2D eigenvalue weighted by molar-refractivity contribution is 0.576. The van der Waals surface area contributed by atoms with E-state index in [9.17, 15) is 16.8 Å². The van der Waals surface area contributed by atoms with Crippen molar-refractivity contribution in [1.29, 1.82) is 0 Å². The van der Waals surface area contributed by atoms with Crippen molar-refractivity contribution in [2.75, 3.05) is 24.3 Å². The quantitative estimate of drug-likeness (QED) is 0.575. The number of sulfonamides is 1. The molecule has 0 saturated heterocycles. The molecule has 0 aliphatic rings. The number of rotatable bonds is 8. The van der Waals surface area contributed by atoms with E-state index in [1.165, 1.54) is 6.33 Å². The molecule has 0 bridgehead atoms. The van der Waals surface area contributed by atoms with Crippen molar-refractivity contribution in [2.24, 2.45) is 0 Å². The molecule has 1 aromatic rings. The Hall–Kier alpha value is -1.00. The predicted octanol–water partition coefficient (Wildman–Crippen LogP) is -1.30. The Morgan fingerprint density at radius 3 is 2.56 bits per heavy atom. The lowest BCUT2D eigenvalue weighted by Gasteiger charge is -2.05. The smallest absolute Gasteiger partial charge is 0.212 e. The van der Waals surface area contributed by atoms with E-state index < -0.39 is 25.6 Å². The molecule has 0 aromatic carbocycles. The molecule has 1 heterocycles. The van der Waals surface area contributed by atoms with Crippen LogP contribution in [0.1, 0.15) is 12.2 Å². The highest BCUT2D eigenvalue weighted by Crippen LogP contribution is 1.94. The monoisotopic (exact) mass is 296 g/mol. The summed E-state index contributed by atoms with van der Waals surface area (Å²) in [7, 11) is -6.80. The zero-order valence-electron chi connectivity index (χ0n) is 9.96. The lowest BCUT2D eigenvalue weighted by Crippen LogP contribution is -2.30. The first-order valence-corrected chi connectivity index (χ1v) is 8.99. The van der Waals surface area contributed by atoms with Crippen molar-refractivity contribution in [2.45, 2.75) is 12.8 Å². The molecule has 0 atom stereocenters. The highest BCUT2D eigenvalue weighted by atomic mass is 32.2. The van der Waals surface area contributed by atoms with Crippen molar-refractivity contribution >= 4 is 19.9 Å². The molecule has 1 rings (SSSR count). The summed E-state index contributed by atoms with van der Waals surface area (Å²) in [6.45, 7) is 0.243. The number of aromatic nitrogens is 3. The number of H-pyrrole nitrogens is 1. The van der Waals surface area contributed by atoms with Crippen LogP contribution in [0.4, 0.5) is 0 Å². The minimum absolute atomic E-state index is 0.243. The van der Waals surface area contributed by atoms with Crippen LogP contribution in [0.15, 0.2) is 6.33 Å². The maximum Gasteiger partial charge on any atom is 0.212 e. The summed E-state index contributed by atoms with van der Waals surface area (Å²) in [5, 5.41) is 6.33. The van der Waals surface area contributed by atoms with Gasteiger partial charge < -0.3 is 0 Å². The normalized spacial score (nSPS) is 12.7. The van der Waals surface area contributed by atoms with Gasteiger partial charge in [0.05, 0.1) is 11.5 Å². The van der Waals surface area contributed by atoms with E-state index in [2.05, 4.69) is 19.9 Å². The lowest BCUT2D eigenvalue weighted by atomic mass is 10.3. The summed E-state index contributed by atoms with van der Waals surface area (Å²) in [5.74, 6) is -0.0937. The number of nitrogens with zero attached hydrogens (tertiary/aromatic N) is 2. The summed E-state index contributed by atoms with van der Waals surface area (Å²) in [4.78, 5) is 3.90. The van der Waals surface area contributed by atoms with E-state index in [1.54, 1.807) is 0 Å². The van der Waals surface area contributed by atoms with Crippen LogP contribution in [-0.2, 0) is 26.3 Å². The van der Waals surface area contributed by atoms with Crippen LogP contribution in [0, 0.1) is 0 Å². The Labute approximate surface area is 106 Å². The zero-order chi connectivity index (χ0) is 13.6. The van der Waals surface area contributed by atoms with Gasteiger partial charge >= 0.3 is 0 Å². The summed E-state index contributed by atoms with van der Waals surface area (Å²) < 4.78 is 46.9. The molecule has 0 saturated carbocycles. The molecule has 0 spiro atoms. The Bertz CT molecular complexity index is 550. The van der Waals surface area contributed by atoms with Gasteiger partial charge in [-0.3, -0.25) is 5.10 Å². The predicted molar refractivity (Wildman–Crippen MR) is 66.2 cm³/mol. The van der Waals surface area contributed by atoms with E-state index >= 15 is 0 Å². The first-order valence-electron chi connectivity index (χ1n) is 5.28. The number of hydrogen-bond acceptors (Lipinski definition) is 6. The van der Waals surface area contributed by atoms with Gasteiger partial charge in [0.15, 0.2) is 0 Å². The van der Waals surface area contributed by atoms with E-state index in [1.807, 2.05) is 0 Å². The van der Waals surface area contributed by atoms with Gasteiger partial charge in [0.25, 0.3) is 0 Å². The summed E-state index contributed by atoms with van der Waals surface area (Å²) in [5.41, 5.74) is 0. The van der Waals surface area contributed by atoms with Crippen molar-refractivity contribution in [1.82, 2.24) is 19.9 Å². The van der Waals surface area contributed by atoms with Crippen LogP contribution < -0.4 is 4.72 Å². The first-order chi connectivity index (χ1) is 8.29. The third-order valence-electron chi connectivity index (χ3n) is 2.10. The molecule has 104 valence electrons. The van der Waals surface area contributed by atoms with Crippen LogP contribution in [0.5, 0.6) is 0 Å². The molecular weight excluding hydrogens is 280 g/mol. The van der Waals surface area contributed by atoms with Crippen molar-refractivity contribution in [3.63, 3.8) is 0 Å². The molecule has 0 aliphatic heterocycles. The Balaban J connectivity index is 2.25. The fourth-order valence-electron chi connectivity index (χ4n) is 1.17. The molecule has 0 fully saturated rings. The van der Waals surface area contributed by atoms with Gasteiger partial charge in [-0.05, 0) is 6.42 Å². The summed E-state index contributed by atoms with van der Waals surface area (Å²) >= 11 is 0. The van der Waals surface area contributed by atoms with Crippen LogP contribution in [0.3, 0.4) is 0 Å². The zero-order valence-corrected chi connectivity index (χ0v) is 11.6. The minimum atomic E-state index is -3.53. The average molecular weight is 296 g/mol. The maximum atomic E-state index is 11.4. The van der Waals surface area contributed by atoms with Crippen LogP contribution in [0.2, 0.25) is 0 Å². The topological polar surface area (TPSA) is 122 Å². The molecule has 10 heteroatoms. The van der Waals surface area contributed by atoms with E-state index in [0.717, 1.165) is 6.26 Å². The number of hydrogen-bond donors (Lipinski definition) is 2. The summed E-state index contributed by atoms with van der Waals surface area (Å²) in [6.07, 6.45) is 3.53. The van der Waals surface area contributed by atoms with Gasteiger partial charge in [-0.2, -0.15) is 5.10 Å². The van der Waals surface area contributed by atoms with Crippen molar-refractivity contribution in [3.05, 3.63) is 12.2 Å². The molecule has 1 aromatic heterocycles. The molecule has 18 heavy (non-hydrogen) atoms. The highest BCUT2D eigenvalue weighted by molar-refractivity contribution is 7.93. The Morgan fingerprint density at radius 2 is 2.00 bits per heavy atom.